The molecule has 1 aromatic carbocycles. The van der Waals surface area contributed by atoms with Crippen LogP contribution in [-0.4, -0.2) is 22.7 Å². The Bertz CT molecular complexity index is 654. The second-order valence-corrected chi connectivity index (χ2v) is 5.10. The molecule has 0 unspecified atom stereocenters. The van der Waals surface area contributed by atoms with Crippen LogP contribution in [-0.2, 0) is 17.8 Å². The normalized spacial score (nSPS) is 14.5. The number of rotatable bonds is 1. The Morgan fingerprint density at radius 1 is 1.44 bits per heavy atom. The SMILES string of the molecule is O=C(O)c1c2c(nc3ccc(Br)cc13)CCOC2. The van der Waals surface area contributed by atoms with E-state index in [-0.39, 0.29) is 0 Å². The molecule has 2 heterocycles. The number of benzene rings is 1. The first kappa shape index (κ1) is 11.6. The Morgan fingerprint density at radius 3 is 3.06 bits per heavy atom. The largest absolute Gasteiger partial charge is 0.478 e. The third-order valence-electron chi connectivity index (χ3n) is 3.08. The van der Waals surface area contributed by atoms with Crippen molar-refractivity contribution in [2.45, 2.75) is 13.0 Å². The lowest BCUT2D eigenvalue weighted by Crippen LogP contribution is -2.17. The summed E-state index contributed by atoms with van der Waals surface area (Å²) in [5, 5.41) is 10.1. The highest BCUT2D eigenvalue weighted by molar-refractivity contribution is 9.10. The first-order valence-electron chi connectivity index (χ1n) is 5.59. The van der Waals surface area contributed by atoms with Crippen molar-refractivity contribution >= 4 is 32.8 Å². The molecular weight excluding hydrogens is 298 g/mol. The molecular formula is C13H10BrNO3. The fourth-order valence-corrected chi connectivity index (χ4v) is 2.64. The third-order valence-corrected chi connectivity index (χ3v) is 3.57. The fourth-order valence-electron chi connectivity index (χ4n) is 2.28. The number of nitrogens with zero attached hydrogens (tertiary/aromatic N) is 1. The molecule has 0 radical (unpaired) electrons. The van der Waals surface area contributed by atoms with Crippen LogP contribution in [0.15, 0.2) is 22.7 Å². The number of fused-ring (bicyclic) bond motifs is 2. The van der Waals surface area contributed by atoms with E-state index in [0.29, 0.717) is 36.1 Å². The summed E-state index contributed by atoms with van der Waals surface area (Å²) in [6.45, 7) is 0.924. The van der Waals surface area contributed by atoms with Crippen LogP contribution in [0.3, 0.4) is 0 Å². The number of aromatic nitrogens is 1. The van der Waals surface area contributed by atoms with Gasteiger partial charge in [-0.05, 0) is 18.2 Å². The lowest BCUT2D eigenvalue weighted by Gasteiger charge is -2.19. The first-order chi connectivity index (χ1) is 8.66. The van der Waals surface area contributed by atoms with Crippen molar-refractivity contribution in [3.63, 3.8) is 0 Å². The highest BCUT2D eigenvalue weighted by Crippen LogP contribution is 2.29. The van der Waals surface area contributed by atoms with E-state index < -0.39 is 5.97 Å². The van der Waals surface area contributed by atoms with Crippen LogP contribution in [0, 0.1) is 0 Å². The van der Waals surface area contributed by atoms with Crippen molar-refractivity contribution < 1.29 is 14.6 Å². The number of carboxylic acid groups (broad SMARTS) is 1. The molecule has 4 nitrogen and oxygen atoms in total. The van der Waals surface area contributed by atoms with Crippen molar-refractivity contribution in [2.75, 3.05) is 6.61 Å². The maximum absolute atomic E-state index is 11.5. The van der Waals surface area contributed by atoms with Gasteiger partial charge >= 0.3 is 5.97 Å². The van der Waals surface area contributed by atoms with Crippen molar-refractivity contribution in [1.82, 2.24) is 4.98 Å². The molecule has 0 fully saturated rings. The topological polar surface area (TPSA) is 59.4 Å². The summed E-state index contributed by atoms with van der Waals surface area (Å²) in [4.78, 5) is 16.0. The van der Waals surface area contributed by atoms with Gasteiger partial charge in [0.15, 0.2) is 0 Å². The summed E-state index contributed by atoms with van der Waals surface area (Å²) < 4.78 is 6.19. The number of carbonyl (C=O) groups is 1. The lowest BCUT2D eigenvalue weighted by atomic mass is 9.98. The molecule has 0 aliphatic carbocycles. The Balaban J connectivity index is 2.41. The van der Waals surface area contributed by atoms with E-state index in [1.165, 1.54) is 0 Å². The molecule has 0 amide bonds. The van der Waals surface area contributed by atoms with E-state index in [2.05, 4.69) is 20.9 Å². The molecule has 0 saturated heterocycles. The van der Waals surface area contributed by atoms with Gasteiger partial charge in [-0.25, -0.2) is 4.79 Å². The Labute approximate surface area is 112 Å². The lowest BCUT2D eigenvalue weighted by molar-refractivity contribution is 0.0683. The Kier molecular flexibility index (Phi) is 2.80. The van der Waals surface area contributed by atoms with Gasteiger partial charge in [-0.2, -0.15) is 0 Å². The van der Waals surface area contributed by atoms with Crippen LogP contribution < -0.4 is 0 Å². The summed E-state index contributed by atoms with van der Waals surface area (Å²) in [6, 6.07) is 5.49. The molecule has 1 aliphatic rings. The quantitative estimate of drug-likeness (QED) is 0.880. The predicted molar refractivity (Wildman–Crippen MR) is 69.8 cm³/mol. The molecule has 3 rings (SSSR count). The summed E-state index contributed by atoms with van der Waals surface area (Å²) in [5.41, 5.74) is 2.58. The fraction of sp³-hybridized carbons (Fsp3) is 0.231. The summed E-state index contributed by atoms with van der Waals surface area (Å²) in [7, 11) is 0. The van der Waals surface area contributed by atoms with Crippen molar-refractivity contribution in [3.05, 3.63) is 39.5 Å². The van der Waals surface area contributed by atoms with Crippen LogP contribution in [0.4, 0.5) is 0 Å². The highest BCUT2D eigenvalue weighted by atomic mass is 79.9. The number of hydrogen-bond acceptors (Lipinski definition) is 3. The summed E-state index contributed by atoms with van der Waals surface area (Å²) in [6.07, 6.45) is 0.668. The molecule has 5 heteroatoms. The Morgan fingerprint density at radius 2 is 2.28 bits per heavy atom. The maximum Gasteiger partial charge on any atom is 0.336 e. The van der Waals surface area contributed by atoms with Gasteiger partial charge < -0.3 is 9.84 Å². The van der Waals surface area contributed by atoms with Gasteiger partial charge in [-0.1, -0.05) is 15.9 Å². The average Bonchev–Trinajstić information content (AvgIpc) is 2.35. The minimum Gasteiger partial charge on any atom is -0.478 e. The van der Waals surface area contributed by atoms with Crippen molar-refractivity contribution in [2.24, 2.45) is 0 Å². The number of aromatic carboxylic acids is 1. The van der Waals surface area contributed by atoms with E-state index in [1.807, 2.05) is 12.1 Å². The molecule has 0 bridgehead atoms. The van der Waals surface area contributed by atoms with Crippen molar-refractivity contribution in [3.8, 4) is 0 Å². The zero-order valence-corrected chi connectivity index (χ0v) is 11.0. The number of hydrogen-bond donors (Lipinski definition) is 1. The number of halogens is 1. The monoisotopic (exact) mass is 307 g/mol. The summed E-state index contributed by atoms with van der Waals surface area (Å²) >= 11 is 3.36. The van der Waals surface area contributed by atoms with E-state index >= 15 is 0 Å². The minimum atomic E-state index is -0.928. The molecule has 1 aromatic heterocycles. The standard InChI is InChI=1S/C13H10BrNO3/c14-7-1-2-10-8(5-7)12(13(16)17)9-6-18-4-3-11(9)15-10/h1-2,5H,3-4,6H2,(H,16,17). The zero-order chi connectivity index (χ0) is 12.7. The van der Waals surface area contributed by atoms with Gasteiger partial charge in [0, 0.05) is 27.5 Å². The molecule has 0 atom stereocenters. The predicted octanol–water partition coefficient (Wildman–Crippen LogP) is 2.77. The van der Waals surface area contributed by atoms with Crippen LogP contribution in [0.5, 0.6) is 0 Å². The smallest absolute Gasteiger partial charge is 0.336 e. The maximum atomic E-state index is 11.5. The summed E-state index contributed by atoms with van der Waals surface area (Å²) in [5.74, 6) is -0.928. The van der Waals surface area contributed by atoms with Crippen LogP contribution >= 0.6 is 15.9 Å². The molecule has 2 aromatic rings. The second-order valence-electron chi connectivity index (χ2n) is 4.18. The third kappa shape index (κ3) is 1.79. The second kappa shape index (κ2) is 4.33. The number of carboxylic acids is 1. The first-order valence-corrected chi connectivity index (χ1v) is 6.38. The van der Waals surface area contributed by atoms with Gasteiger partial charge in [0.2, 0.25) is 0 Å². The van der Waals surface area contributed by atoms with E-state index in [0.717, 1.165) is 15.7 Å². The van der Waals surface area contributed by atoms with Gasteiger partial charge in [0.05, 0.1) is 24.3 Å². The molecule has 92 valence electrons. The van der Waals surface area contributed by atoms with E-state index in [9.17, 15) is 9.90 Å². The molecule has 0 saturated carbocycles. The number of pyridine rings is 1. The van der Waals surface area contributed by atoms with E-state index in [4.69, 9.17) is 4.74 Å². The zero-order valence-electron chi connectivity index (χ0n) is 9.44. The molecule has 1 aliphatic heterocycles. The molecule has 1 N–H and O–H groups in total. The minimum absolute atomic E-state index is 0.316. The van der Waals surface area contributed by atoms with Crippen LogP contribution in [0.1, 0.15) is 21.6 Å². The highest BCUT2D eigenvalue weighted by Gasteiger charge is 2.22. The van der Waals surface area contributed by atoms with Gasteiger partial charge in [0.25, 0.3) is 0 Å². The number of ether oxygens (including phenoxy) is 1. The Hall–Kier alpha value is -1.46. The molecule has 18 heavy (non-hydrogen) atoms. The molecule has 0 spiro atoms. The van der Waals surface area contributed by atoms with Crippen LogP contribution in [0.2, 0.25) is 0 Å². The van der Waals surface area contributed by atoms with Crippen LogP contribution in [0.25, 0.3) is 10.9 Å². The van der Waals surface area contributed by atoms with Gasteiger partial charge in [-0.15, -0.1) is 0 Å². The van der Waals surface area contributed by atoms with Crippen molar-refractivity contribution in [1.29, 1.82) is 0 Å². The van der Waals surface area contributed by atoms with Gasteiger partial charge in [-0.3, -0.25) is 4.98 Å². The average molecular weight is 308 g/mol. The van der Waals surface area contributed by atoms with Gasteiger partial charge in [0.1, 0.15) is 0 Å². The van der Waals surface area contributed by atoms with E-state index in [1.54, 1.807) is 6.07 Å².